The van der Waals surface area contributed by atoms with Gasteiger partial charge in [-0.3, -0.25) is 15.2 Å². The van der Waals surface area contributed by atoms with Gasteiger partial charge in [-0.05, 0) is 59.8 Å². The molecule has 10 nitrogen and oxygen atoms in total. The molecule has 3 aromatic rings. The van der Waals surface area contributed by atoms with Crippen molar-refractivity contribution in [2.24, 2.45) is 10.1 Å². The molecule has 11 heteroatoms. The van der Waals surface area contributed by atoms with E-state index in [2.05, 4.69) is 15.1 Å². The zero-order valence-corrected chi connectivity index (χ0v) is 21.4. The molecule has 0 bridgehead atoms. The number of fused-ring (bicyclic) bond motifs is 1. The van der Waals surface area contributed by atoms with Crippen molar-refractivity contribution in [2.45, 2.75) is 0 Å². The summed E-state index contributed by atoms with van der Waals surface area (Å²) in [6, 6.07) is 16.3. The molecule has 0 atom stereocenters. The number of hydrazone groups is 1. The number of benzene rings is 2. The third kappa shape index (κ3) is 5.23. The highest BCUT2D eigenvalue weighted by atomic mass is 32.2. The van der Waals surface area contributed by atoms with Crippen LogP contribution in [0.2, 0.25) is 0 Å². The van der Waals surface area contributed by atoms with Crippen LogP contribution in [0, 0.1) is 5.41 Å². The monoisotopic (exact) mass is 529 g/mol. The first-order chi connectivity index (χ1) is 18.6. The molecule has 192 valence electrons. The van der Waals surface area contributed by atoms with Gasteiger partial charge in [-0.2, -0.15) is 15.1 Å². The van der Waals surface area contributed by atoms with E-state index in [1.54, 1.807) is 49.8 Å². The number of nitrogens with zero attached hydrogens (tertiary/aromatic N) is 4. The number of methoxy groups -OCH3 is 2. The van der Waals surface area contributed by atoms with Crippen molar-refractivity contribution in [1.82, 2.24) is 9.99 Å². The lowest BCUT2D eigenvalue weighted by Gasteiger charge is -2.20. The first kappa shape index (κ1) is 25.0. The Morgan fingerprint density at radius 1 is 0.947 bits per heavy atom. The molecule has 5 rings (SSSR count). The Bertz CT molecular complexity index is 1470. The number of carbonyl (C=O) groups is 1. The standard InChI is InChI=1S/C27H23N5O5S/c1-34-20-7-3-4-8-21(20)36-12-13-37-22-10-9-17(15-23(22)35-2)14-19-24(28)32-27(30-25(19)33)38-26(31-32)18-6-5-11-29-16-18/h3-11,14-16,28H,12-13H2,1-2H3/b19-14-,28-24?. The molecule has 0 radical (unpaired) electrons. The Morgan fingerprint density at radius 2 is 1.68 bits per heavy atom. The fourth-order valence-electron chi connectivity index (χ4n) is 3.70. The number of para-hydroxylation sites is 2. The lowest BCUT2D eigenvalue weighted by atomic mass is 10.1. The van der Waals surface area contributed by atoms with E-state index in [-0.39, 0.29) is 18.0 Å². The van der Waals surface area contributed by atoms with Crippen LogP contribution in [0.3, 0.4) is 0 Å². The van der Waals surface area contributed by atoms with Gasteiger partial charge < -0.3 is 18.9 Å². The highest BCUT2D eigenvalue weighted by Crippen LogP contribution is 2.33. The van der Waals surface area contributed by atoms with Gasteiger partial charge in [0.2, 0.25) is 5.17 Å². The molecule has 38 heavy (non-hydrogen) atoms. The molecular formula is C27H23N5O5S. The van der Waals surface area contributed by atoms with Crippen molar-refractivity contribution in [3.05, 3.63) is 83.7 Å². The van der Waals surface area contributed by atoms with Crippen molar-refractivity contribution in [3.8, 4) is 23.0 Å². The number of aliphatic imine (C=N–C) groups is 1. The first-order valence-corrected chi connectivity index (χ1v) is 12.4. The van der Waals surface area contributed by atoms with Gasteiger partial charge in [0, 0.05) is 18.0 Å². The van der Waals surface area contributed by atoms with Gasteiger partial charge in [0.1, 0.15) is 18.3 Å². The predicted molar refractivity (Wildman–Crippen MR) is 145 cm³/mol. The van der Waals surface area contributed by atoms with E-state index in [1.807, 2.05) is 30.3 Å². The van der Waals surface area contributed by atoms with Crippen molar-refractivity contribution in [1.29, 1.82) is 5.41 Å². The zero-order valence-electron chi connectivity index (χ0n) is 20.6. The minimum atomic E-state index is -0.510. The van der Waals surface area contributed by atoms with E-state index in [9.17, 15) is 4.79 Å². The molecule has 1 aromatic heterocycles. The molecular weight excluding hydrogens is 506 g/mol. The molecule has 1 amide bonds. The number of ether oxygens (including phenoxy) is 4. The summed E-state index contributed by atoms with van der Waals surface area (Å²) in [4.78, 5) is 21.0. The van der Waals surface area contributed by atoms with Crippen molar-refractivity contribution < 1.29 is 23.7 Å². The second kappa shape index (κ2) is 11.2. The topological polar surface area (TPSA) is 119 Å². The molecule has 2 aliphatic rings. The van der Waals surface area contributed by atoms with Crippen molar-refractivity contribution in [3.63, 3.8) is 0 Å². The summed E-state index contributed by atoms with van der Waals surface area (Å²) in [6.07, 6.45) is 4.93. The number of aromatic nitrogens is 1. The summed E-state index contributed by atoms with van der Waals surface area (Å²) in [5, 5.41) is 15.4. The molecule has 2 aromatic carbocycles. The van der Waals surface area contributed by atoms with Gasteiger partial charge in [0.15, 0.2) is 28.8 Å². The van der Waals surface area contributed by atoms with E-state index in [0.29, 0.717) is 45.4 Å². The van der Waals surface area contributed by atoms with Crippen LogP contribution in [0.5, 0.6) is 23.0 Å². The smallest absolute Gasteiger partial charge is 0.283 e. The second-order valence-corrected chi connectivity index (χ2v) is 8.88. The largest absolute Gasteiger partial charge is 0.493 e. The Hall–Kier alpha value is -4.64. The Kier molecular flexibility index (Phi) is 7.36. The van der Waals surface area contributed by atoms with Gasteiger partial charge in [0.25, 0.3) is 5.91 Å². The van der Waals surface area contributed by atoms with E-state index < -0.39 is 5.91 Å². The number of rotatable bonds is 9. The summed E-state index contributed by atoms with van der Waals surface area (Å²) >= 11 is 1.22. The molecule has 0 fully saturated rings. The summed E-state index contributed by atoms with van der Waals surface area (Å²) in [5.74, 6) is 1.71. The van der Waals surface area contributed by atoms with Crippen LogP contribution in [0.1, 0.15) is 11.1 Å². The van der Waals surface area contributed by atoms with Crippen LogP contribution in [0.4, 0.5) is 0 Å². The van der Waals surface area contributed by atoms with Gasteiger partial charge in [-0.1, -0.05) is 18.2 Å². The molecule has 1 N–H and O–H groups in total. The fourth-order valence-corrected chi connectivity index (χ4v) is 4.58. The molecule has 0 spiro atoms. The summed E-state index contributed by atoms with van der Waals surface area (Å²) < 4.78 is 22.4. The van der Waals surface area contributed by atoms with E-state index >= 15 is 0 Å². The maximum atomic E-state index is 12.8. The first-order valence-electron chi connectivity index (χ1n) is 11.5. The number of pyridine rings is 1. The van der Waals surface area contributed by atoms with Crippen LogP contribution in [0.15, 0.2) is 82.7 Å². The SMILES string of the molecule is COc1ccccc1OCCOc1ccc(/C=C2/C(=N)N3N=C(c4cccnc4)SC3=NC2=O)cc1OC. The Morgan fingerprint density at radius 3 is 2.39 bits per heavy atom. The third-order valence-corrected chi connectivity index (χ3v) is 6.49. The maximum absolute atomic E-state index is 12.8. The number of amides is 1. The fraction of sp³-hybridized carbons (Fsp3) is 0.148. The summed E-state index contributed by atoms with van der Waals surface area (Å²) in [7, 11) is 3.12. The lowest BCUT2D eigenvalue weighted by Crippen LogP contribution is -2.35. The van der Waals surface area contributed by atoms with Crippen LogP contribution in [-0.4, -0.2) is 59.4 Å². The summed E-state index contributed by atoms with van der Waals surface area (Å²) in [6.45, 7) is 0.579. The number of carbonyl (C=O) groups excluding carboxylic acids is 1. The molecule has 0 saturated heterocycles. The molecule has 2 aliphatic heterocycles. The normalized spacial score (nSPS) is 15.6. The number of amidine groups is 2. The highest BCUT2D eigenvalue weighted by molar-refractivity contribution is 8.27. The minimum absolute atomic E-state index is 0.0563. The van der Waals surface area contributed by atoms with Crippen LogP contribution < -0.4 is 18.9 Å². The van der Waals surface area contributed by atoms with Gasteiger partial charge in [-0.25, -0.2) is 0 Å². The predicted octanol–water partition coefficient (Wildman–Crippen LogP) is 4.22. The van der Waals surface area contributed by atoms with Crippen LogP contribution in [0.25, 0.3) is 6.08 Å². The lowest BCUT2D eigenvalue weighted by molar-refractivity contribution is -0.114. The van der Waals surface area contributed by atoms with Crippen LogP contribution >= 0.6 is 11.8 Å². The number of nitrogens with one attached hydrogen (secondary N) is 1. The van der Waals surface area contributed by atoms with Gasteiger partial charge in [-0.15, -0.1) is 0 Å². The van der Waals surface area contributed by atoms with Crippen molar-refractivity contribution in [2.75, 3.05) is 27.4 Å². The number of thioether (sulfide) groups is 1. The highest BCUT2D eigenvalue weighted by Gasteiger charge is 2.36. The Labute approximate surface area is 223 Å². The van der Waals surface area contributed by atoms with E-state index in [1.165, 1.54) is 23.9 Å². The molecule has 0 aliphatic carbocycles. The zero-order chi connectivity index (χ0) is 26.5. The van der Waals surface area contributed by atoms with Gasteiger partial charge >= 0.3 is 0 Å². The van der Waals surface area contributed by atoms with E-state index in [4.69, 9.17) is 24.4 Å². The average molecular weight is 530 g/mol. The summed E-state index contributed by atoms with van der Waals surface area (Å²) in [5.41, 5.74) is 1.55. The second-order valence-electron chi connectivity index (χ2n) is 7.92. The molecule has 0 saturated carbocycles. The van der Waals surface area contributed by atoms with Crippen LogP contribution in [-0.2, 0) is 4.79 Å². The Balaban J connectivity index is 1.28. The maximum Gasteiger partial charge on any atom is 0.283 e. The quantitative estimate of drug-likeness (QED) is 0.323. The third-order valence-electron chi connectivity index (χ3n) is 5.53. The van der Waals surface area contributed by atoms with Crippen molar-refractivity contribution >= 4 is 39.8 Å². The van der Waals surface area contributed by atoms with Gasteiger partial charge in [0.05, 0.1) is 19.8 Å². The molecule has 3 heterocycles. The van der Waals surface area contributed by atoms with E-state index in [0.717, 1.165) is 5.56 Å². The average Bonchev–Trinajstić information content (AvgIpc) is 3.38. The minimum Gasteiger partial charge on any atom is -0.493 e. The molecule has 0 unspecified atom stereocenters. The number of hydrogen-bond donors (Lipinski definition) is 1. The number of hydrogen-bond acceptors (Lipinski definition) is 9.